The first-order valence-electron chi connectivity index (χ1n) is 15.1. The molecule has 2 aliphatic rings. The van der Waals surface area contributed by atoms with E-state index < -0.39 is 8.32 Å². The normalized spacial score (nSPS) is 34.0. The third-order valence-corrected chi connectivity index (χ3v) is 15.8. The summed E-state index contributed by atoms with van der Waals surface area (Å²) in [6, 6.07) is 0. The lowest BCUT2D eigenvalue weighted by Gasteiger charge is -2.74. The molecule has 0 bridgehead atoms. The highest BCUT2D eigenvalue weighted by molar-refractivity contribution is 6.74. The summed E-state index contributed by atoms with van der Waals surface area (Å²) >= 11 is 0. The van der Waals surface area contributed by atoms with Crippen molar-refractivity contribution in [1.29, 1.82) is 0 Å². The van der Waals surface area contributed by atoms with E-state index >= 15 is 0 Å². The molecule has 2 aliphatic carbocycles. The average molecular weight is 523 g/mol. The summed E-state index contributed by atoms with van der Waals surface area (Å²) in [7, 11) is -0.404. The molecule has 2 rings (SSSR count). The molecule has 0 aromatic heterocycles. The van der Waals surface area contributed by atoms with Gasteiger partial charge in [-0.3, -0.25) is 4.79 Å². The topological polar surface area (TPSA) is 35.5 Å². The molecule has 0 aromatic rings. The minimum absolute atomic E-state index is 0.00158. The summed E-state index contributed by atoms with van der Waals surface area (Å²) in [5, 5.41) is 0.186. The molecule has 0 heterocycles. The van der Waals surface area contributed by atoms with Gasteiger partial charge in [0.05, 0.1) is 19.1 Å². The fourth-order valence-corrected chi connectivity index (χ4v) is 9.11. The second kappa shape index (κ2) is 11.4. The van der Waals surface area contributed by atoms with Gasteiger partial charge in [0.2, 0.25) is 0 Å². The highest BCUT2D eigenvalue weighted by Gasteiger charge is 2.71. The number of carbonyl (C=O) groups is 1. The van der Waals surface area contributed by atoms with E-state index in [1.807, 2.05) is 0 Å². The molecule has 0 aliphatic heterocycles. The number of fused-ring (bicyclic) bond motifs is 1. The van der Waals surface area contributed by atoms with Crippen molar-refractivity contribution in [2.45, 2.75) is 139 Å². The van der Waals surface area contributed by atoms with Crippen LogP contribution in [0.3, 0.4) is 0 Å². The van der Waals surface area contributed by atoms with Gasteiger partial charge in [-0.2, -0.15) is 0 Å². The first-order chi connectivity index (χ1) is 16.3. The van der Waals surface area contributed by atoms with Crippen LogP contribution in [0.1, 0.15) is 115 Å². The molecule has 212 valence electrons. The van der Waals surface area contributed by atoms with Crippen molar-refractivity contribution in [2.75, 3.05) is 7.11 Å². The summed E-state index contributed by atoms with van der Waals surface area (Å²) in [6.07, 6.45) is 6.85. The number of ether oxygens (including phenoxy) is 1. The van der Waals surface area contributed by atoms with E-state index in [1.165, 1.54) is 12.8 Å². The van der Waals surface area contributed by atoms with E-state index in [9.17, 15) is 4.79 Å². The summed E-state index contributed by atoms with van der Waals surface area (Å²) < 4.78 is 12.7. The van der Waals surface area contributed by atoms with Crippen LogP contribution in [0.2, 0.25) is 18.1 Å². The van der Waals surface area contributed by atoms with Crippen LogP contribution in [0.25, 0.3) is 0 Å². The maximum atomic E-state index is 12.8. The van der Waals surface area contributed by atoms with Crippen molar-refractivity contribution in [3.05, 3.63) is 0 Å². The van der Waals surface area contributed by atoms with Crippen LogP contribution in [-0.2, 0) is 14.0 Å². The Balaban J connectivity index is 2.46. The first-order valence-corrected chi connectivity index (χ1v) is 18.0. The largest absolute Gasteiger partial charge is 0.469 e. The molecular formula is C32H62O3Si. The molecule has 2 fully saturated rings. The Morgan fingerprint density at radius 2 is 1.56 bits per heavy atom. The van der Waals surface area contributed by atoms with Gasteiger partial charge in [0, 0.05) is 0 Å². The zero-order valence-corrected chi connectivity index (χ0v) is 27.6. The highest BCUT2D eigenvalue weighted by atomic mass is 28.4. The van der Waals surface area contributed by atoms with Crippen molar-refractivity contribution >= 4 is 14.3 Å². The van der Waals surface area contributed by atoms with E-state index in [1.54, 1.807) is 7.11 Å². The number of hydrogen-bond donors (Lipinski definition) is 0. The van der Waals surface area contributed by atoms with E-state index in [0.29, 0.717) is 29.6 Å². The quantitative estimate of drug-likeness (QED) is 0.200. The molecule has 4 heteroatoms. The minimum Gasteiger partial charge on any atom is -0.469 e. The van der Waals surface area contributed by atoms with Crippen molar-refractivity contribution in [3.63, 3.8) is 0 Å². The van der Waals surface area contributed by atoms with E-state index in [2.05, 4.69) is 89.3 Å². The van der Waals surface area contributed by atoms with Gasteiger partial charge >= 0.3 is 5.97 Å². The lowest BCUT2D eigenvalue weighted by Crippen LogP contribution is -2.74. The molecule has 0 N–H and O–H groups in total. The van der Waals surface area contributed by atoms with Gasteiger partial charge in [0.15, 0.2) is 8.32 Å². The summed E-state index contributed by atoms with van der Waals surface area (Å²) in [6.45, 7) is 31.3. The summed E-state index contributed by atoms with van der Waals surface area (Å²) in [5.41, 5.74) is 0.353. The third-order valence-electron chi connectivity index (χ3n) is 11.4. The van der Waals surface area contributed by atoms with Crippen molar-refractivity contribution in [1.82, 2.24) is 0 Å². The average Bonchev–Trinajstić information content (AvgIpc) is 2.75. The Kier molecular flexibility index (Phi) is 10.1. The van der Waals surface area contributed by atoms with Crippen LogP contribution in [0.5, 0.6) is 0 Å². The number of esters is 1. The lowest BCUT2D eigenvalue weighted by molar-refractivity contribution is -0.281. The monoisotopic (exact) mass is 522 g/mol. The molecule has 2 saturated carbocycles. The minimum atomic E-state index is -1.96. The molecular weight excluding hydrogens is 460 g/mol. The van der Waals surface area contributed by atoms with E-state index in [4.69, 9.17) is 9.16 Å². The van der Waals surface area contributed by atoms with E-state index in [-0.39, 0.29) is 33.9 Å². The molecule has 7 atom stereocenters. The maximum Gasteiger partial charge on any atom is 0.308 e. The van der Waals surface area contributed by atoms with Crippen LogP contribution in [0, 0.1) is 52.3 Å². The zero-order chi connectivity index (χ0) is 27.9. The van der Waals surface area contributed by atoms with Crippen molar-refractivity contribution < 1.29 is 14.0 Å². The van der Waals surface area contributed by atoms with Gasteiger partial charge in [0.25, 0.3) is 0 Å². The zero-order valence-electron chi connectivity index (χ0n) is 26.6. The Morgan fingerprint density at radius 3 is 2.00 bits per heavy atom. The second-order valence-electron chi connectivity index (χ2n) is 15.7. The molecule has 0 amide bonds. The lowest BCUT2D eigenvalue weighted by atomic mass is 9.34. The van der Waals surface area contributed by atoms with Crippen LogP contribution in [-0.4, -0.2) is 27.5 Å². The van der Waals surface area contributed by atoms with Gasteiger partial charge in [-0.25, -0.2) is 0 Å². The molecule has 3 nitrogen and oxygen atoms in total. The SMILES string of the molecule is COC(=O)[C@@H](CCC(C)C)CC[C@@]1(C)C(O[Si](C)(C)C(C)(C)C)[C@H]2[C@H](C(C)C)C(C(C)C)CC[C@]21C. The Morgan fingerprint density at radius 1 is 0.972 bits per heavy atom. The third kappa shape index (κ3) is 5.95. The van der Waals surface area contributed by atoms with Crippen molar-refractivity contribution in [3.8, 4) is 0 Å². The van der Waals surface area contributed by atoms with Crippen LogP contribution in [0.4, 0.5) is 0 Å². The molecule has 0 saturated heterocycles. The van der Waals surface area contributed by atoms with Crippen LogP contribution in [0.15, 0.2) is 0 Å². The molecule has 2 unspecified atom stereocenters. The van der Waals surface area contributed by atoms with Gasteiger partial charge in [-0.1, -0.05) is 82.6 Å². The summed E-state index contributed by atoms with van der Waals surface area (Å²) in [5.74, 6) is 4.02. The number of hydrogen-bond acceptors (Lipinski definition) is 3. The second-order valence-corrected chi connectivity index (χ2v) is 20.4. The fourth-order valence-electron chi connectivity index (χ4n) is 7.71. The van der Waals surface area contributed by atoms with Crippen LogP contribution >= 0.6 is 0 Å². The number of carbonyl (C=O) groups excluding carboxylic acids is 1. The van der Waals surface area contributed by atoms with Gasteiger partial charge in [-0.05, 0) is 96.6 Å². The smallest absolute Gasteiger partial charge is 0.308 e. The maximum absolute atomic E-state index is 12.8. The Labute approximate surface area is 226 Å². The molecule has 0 spiro atoms. The van der Waals surface area contributed by atoms with E-state index in [0.717, 1.165) is 31.6 Å². The fraction of sp³-hybridized carbons (Fsp3) is 0.969. The summed E-state index contributed by atoms with van der Waals surface area (Å²) in [4.78, 5) is 12.8. The molecule has 36 heavy (non-hydrogen) atoms. The molecule has 0 aromatic carbocycles. The predicted molar refractivity (Wildman–Crippen MR) is 156 cm³/mol. The number of methoxy groups -OCH3 is 1. The van der Waals surface area contributed by atoms with Gasteiger partial charge in [0.1, 0.15) is 0 Å². The standard InChI is InChI=1S/C32H62O3Si/c1-21(2)15-16-24(29(33)34-12)17-19-32(11)28(35-36(13,14)30(7,8)9)27-26(23(5)6)25(22(3)4)18-20-31(27,32)10/h21-28H,15-20H2,1-14H3/t24-,25?,26+,27+,28?,31+,32-/m0/s1. The van der Waals surface area contributed by atoms with Gasteiger partial charge in [-0.15, -0.1) is 0 Å². The van der Waals surface area contributed by atoms with Gasteiger partial charge < -0.3 is 9.16 Å². The first kappa shape index (κ1) is 31.9. The van der Waals surface area contributed by atoms with Crippen LogP contribution < -0.4 is 0 Å². The predicted octanol–water partition coefficient (Wildman–Crippen LogP) is 9.36. The Bertz CT molecular complexity index is 736. The number of rotatable bonds is 11. The Hall–Kier alpha value is -0.353. The van der Waals surface area contributed by atoms with Crippen molar-refractivity contribution in [2.24, 2.45) is 52.3 Å². The molecule has 0 radical (unpaired) electrons. The highest BCUT2D eigenvalue weighted by Crippen LogP contribution is 2.73.